The second kappa shape index (κ2) is 12.6. The molecule has 2 aromatic heterocycles. The molecule has 12 heteroatoms. The van der Waals surface area contributed by atoms with E-state index in [4.69, 9.17) is 19.2 Å². The van der Waals surface area contributed by atoms with Gasteiger partial charge in [-0.25, -0.2) is 9.59 Å². The van der Waals surface area contributed by atoms with Gasteiger partial charge in [0, 0.05) is 38.4 Å². The van der Waals surface area contributed by atoms with Gasteiger partial charge in [-0.1, -0.05) is 30.3 Å². The number of fused-ring (bicyclic) bond motifs is 1. The molecule has 2 aliphatic heterocycles. The number of carbonyl (C=O) groups excluding carboxylic acids is 2. The Morgan fingerprint density at radius 1 is 1.02 bits per heavy atom. The number of nitrogens with zero attached hydrogens (tertiary/aromatic N) is 7. The summed E-state index contributed by atoms with van der Waals surface area (Å²) in [6.45, 7) is 7.60. The predicted octanol–water partition coefficient (Wildman–Crippen LogP) is 4.39. The molecule has 2 aliphatic rings. The van der Waals surface area contributed by atoms with Gasteiger partial charge in [0.05, 0.1) is 43.0 Å². The van der Waals surface area contributed by atoms with E-state index in [-0.39, 0.29) is 38.7 Å². The van der Waals surface area contributed by atoms with E-state index in [9.17, 15) is 14.9 Å². The van der Waals surface area contributed by atoms with Crippen LogP contribution in [0.15, 0.2) is 48.7 Å². The zero-order valence-corrected chi connectivity index (χ0v) is 25.0. The van der Waals surface area contributed by atoms with Crippen molar-refractivity contribution in [3.63, 3.8) is 0 Å². The number of aromatic nitrogens is 3. The SMILES string of the molecule is Cn1cccc1COc1nc2c(c(N3CCN(C(=O)OCc4ccccc4)C(CC#N)C3)n1)CN(C(=O)OC(C)(C)C)C2. The minimum Gasteiger partial charge on any atom is -0.457 e. The number of anilines is 1. The third-order valence-corrected chi connectivity index (χ3v) is 7.34. The van der Waals surface area contributed by atoms with Crippen LogP contribution in [0.2, 0.25) is 0 Å². The van der Waals surface area contributed by atoms with E-state index in [0.29, 0.717) is 31.1 Å². The predicted molar refractivity (Wildman–Crippen MR) is 157 cm³/mol. The van der Waals surface area contributed by atoms with Gasteiger partial charge in [-0.15, -0.1) is 0 Å². The summed E-state index contributed by atoms with van der Waals surface area (Å²) in [6.07, 6.45) is 1.17. The Kier molecular flexibility index (Phi) is 8.71. The van der Waals surface area contributed by atoms with Crippen molar-refractivity contribution < 1.29 is 23.8 Å². The quantitative estimate of drug-likeness (QED) is 0.396. The topological polar surface area (TPSA) is 126 Å². The van der Waals surface area contributed by atoms with Crippen LogP contribution in [0.1, 0.15) is 49.7 Å². The fourth-order valence-corrected chi connectivity index (χ4v) is 5.15. The largest absolute Gasteiger partial charge is 0.457 e. The number of rotatable bonds is 7. The fourth-order valence-electron chi connectivity index (χ4n) is 5.15. The van der Waals surface area contributed by atoms with Gasteiger partial charge in [-0.05, 0) is 38.5 Å². The van der Waals surface area contributed by atoms with E-state index in [1.54, 1.807) is 9.80 Å². The van der Waals surface area contributed by atoms with Crippen molar-refractivity contribution in [2.75, 3.05) is 24.5 Å². The highest BCUT2D eigenvalue weighted by atomic mass is 16.6. The Morgan fingerprint density at radius 2 is 1.81 bits per heavy atom. The summed E-state index contributed by atoms with van der Waals surface area (Å²) in [5.41, 5.74) is 2.69. The van der Waals surface area contributed by atoms with Crippen molar-refractivity contribution in [3.05, 3.63) is 71.2 Å². The zero-order chi connectivity index (χ0) is 30.6. The molecule has 43 heavy (non-hydrogen) atoms. The minimum absolute atomic E-state index is 0.130. The molecular formula is C31H37N7O5. The standard InChI is InChI=1S/C31H37N7O5/c1-31(2,3)43-29(39)37-18-25-26(19-37)33-28(41-21-24-11-8-14-35(24)4)34-27(25)36-15-16-38(23(17-36)12-13-32)30(40)42-20-22-9-6-5-7-10-22/h5-11,14,23H,12,15-21H2,1-4H3. The maximum atomic E-state index is 13.1. The molecule has 4 heterocycles. The highest BCUT2D eigenvalue weighted by Gasteiger charge is 2.37. The lowest BCUT2D eigenvalue weighted by Gasteiger charge is -2.40. The van der Waals surface area contributed by atoms with Crippen molar-refractivity contribution in [2.45, 2.75) is 65.1 Å². The lowest BCUT2D eigenvalue weighted by Crippen LogP contribution is -2.55. The number of ether oxygens (including phenoxy) is 3. The highest BCUT2D eigenvalue weighted by molar-refractivity contribution is 5.71. The minimum atomic E-state index is -0.639. The molecule has 0 spiro atoms. The number of amides is 2. The molecule has 0 radical (unpaired) electrons. The molecule has 12 nitrogen and oxygen atoms in total. The van der Waals surface area contributed by atoms with Crippen LogP contribution in [0, 0.1) is 11.3 Å². The van der Waals surface area contributed by atoms with Crippen LogP contribution in [0.5, 0.6) is 6.01 Å². The molecule has 1 aromatic carbocycles. The van der Waals surface area contributed by atoms with Gasteiger partial charge in [0.15, 0.2) is 0 Å². The molecule has 1 atom stereocenters. The van der Waals surface area contributed by atoms with Crippen LogP contribution in [-0.4, -0.2) is 67.8 Å². The number of hydrogen-bond donors (Lipinski definition) is 0. The second-order valence-corrected chi connectivity index (χ2v) is 11.7. The van der Waals surface area contributed by atoms with Crippen LogP contribution in [0.25, 0.3) is 0 Å². The van der Waals surface area contributed by atoms with Crippen LogP contribution in [-0.2, 0) is 42.8 Å². The van der Waals surface area contributed by atoms with Crippen molar-refractivity contribution in [1.82, 2.24) is 24.3 Å². The summed E-state index contributed by atoms with van der Waals surface area (Å²) in [5, 5.41) is 9.60. The van der Waals surface area contributed by atoms with Gasteiger partial charge in [-0.2, -0.15) is 15.2 Å². The average Bonchev–Trinajstić information content (AvgIpc) is 3.60. The first kappa shape index (κ1) is 29.7. The molecular weight excluding hydrogens is 550 g/mol. The molecule has 5 rings (SSSR count). The Labute approximate surface area is 251 Å². The van der Waals surface area contributed by atoms with Crippen LogP contribution in [0.4, 0.5) is 15.4 Å². The third-order valence-electron chi connectivity index (χ3n) is 7.34. The van der Waals surface area contributed by atoms with Gasteiger partial charge in [0.25, 0.3) is 0 Å². The molecule has 3 aromatic rings. The van der Waals surface area contributed by atoms with Gasteiger partial charge in [0.2, 0.25) is 0 Å². The lowest BCUT2D eigenvalue weighted by molar-refractivity contribution is 0.0240. The first-order valence-corrected chi connectivity index (χ1v) is 14.3. The molecule has 1 fully saturated rings. The molecule has 1 saturated heterocycles. The molecule has 0 bridgehead atoms. The maximum absolute atomic E-state index is 13.1. The summed E-state index contributed by atoms with van der Waals surface area (Å²) in [6, 6.07) is 15.4. The number of nitriles is 1. The van der Waals surface area contributed by atoms with E-state index in [1.807, 2.05) is 85.9 Å². The second-order valence-electron chi connectivity index (χ2n) is 11.7. The summed E-state index contributed by atoms with van der Waals surface area (Å²) < 4.78 is 19.2. The van der Waals surface area contributed by atoms with Gasteiger partial charge >= 0.3 is 18.2 Å². The summed E-state index contributed by atoms with van der Waals surface area (Å²) >= 11 is 0. The Hall–Kier alpha value is -4.79. The van der Waals surface area contributed by atoms with Gasteiger partial charge < -0.3 is 28.6 Å². The Balaban J connectivity index is 1.36. The van der Waals surface area contributed by atoms with Crippen LogP contribution >= 0.6 is 0 Å². The number of hydrogen-bond acceptors (Lipinski definition) is 9. The van der Waals surface area contributed by atoms with E-state index < -0.39 is 23.8 Å². The molecule has 0 N–H and O–H groups in total. The Morgan fingerprint density at radius 3 is 2.51 bits per heavy atom. The fraction of sp³-hybridized carbons (Fsp3) is 0.452. The monoisotopic (exact) mass is 587 g/mol. The molecule has 0 aliphatic carbocycles. The first-order valence-electron chi connectivity index (χ1n) is 14.3. The molecule has 1 unspecified atom stereocenters. The highest BCUT2D eigenvalue weighted by Crippen LogP contribution is 2.33. The summed E-state index contributed by atoms with van der Waals surface area (Å²) in [4.78, 5) is 40.7. The van der Waals surface area contributed by atoms with Crippen molar-refractivity contribution in [1.29, 1.82) is 5.26 Å². The lowest BCUT2D eigenvalue weighted by atomic mass is 10.1. The van der Waals surface area contributed by atoms with E-state index in [1.165, 1.54) is 0 Å². The molecule has 0 saturated carbocycles. The van der Waals surface area contributed by atoms with Crippen molar-refractivity contribution >= 4 is 18.0 Å². The van der Waals surface area contributed by atoms with Crippen LogP contribution in [0.3, 0.4) is 0 Å². The zero-order valence-electron chi connectivity index (χ0n) is 25.0. The van der Waals surface area contributed by atoms with Crippen LogP contribution < -0.4 is 9.64 Å². The van der Waals surface area contributed by atoms with Crippen molar-refractivity contribution in [3.8, 4) is 12.1 Å². The maximum Gasteiger partial charge on any atom is 0.410 e. The number of piperazine rings is 1. The van der Waals surface area contributed by atoms with E-state index in [0.717, 1.165) is 16.8 Å². The number of carbonyl (C=O) groups is 2. The number of benzene rings is 1. The summed E-state index contributed by atoms with van der Waals surface area (Å²) in [5.74, 6) is 0.623. The van der Waals surface area contributed by atoms with Gasteiger partial charge in [-0.3, -0.25) is 4.90 Å². The first-order chi connectivity index (χ1) is 20.6. The molecule has 2 amide bonds. The van der Waals surface area contributed by atoms with E-state index in [2.05, 4.69) is 11.1 Å². The number of aryl methyl sites for hydroxylation is 1. The molecule has 226 valence electrons. The Bertz CT molecular complexity index is 1490. The smallest absolute Gasteiger partial charge is 0.410 e. The van der Waals surface area contributed by atoms with E-state index >= 15 is 0 Å². The third kappa shape index (κ3) is 7.17. The summed E-state index contributed by atoms with van der Waals surface area (Å²) in [7, 11) is 1.94. The van der Waals surface area contributed by atoms with Gasteiger partial charge in [0.1, 0.15) is 24.6 Å². The normalized spacial score (nSPS) is 16.4. The average molecular weight is 588 g/mol. The van der Waals surface area contributed by atoms with Crippen molar-refractivity contribution in [2.24, 2.45) is 7.05 Å².